The number of carbonyl (C=O) groups excluding carboxylic acids is 1. The molecule has 3 aromatic rings. The molecule has 2 aliphatic rings. The van der Waals surface area contributed by atoms with Crippen LogP contribution in [-0.4, -0.2) is 40.1 Å². The van der Waals surface area contributed by atoms with Crippen LogP contribution < -0.4 is 14.9 Å². The molecular formula is C25H27FN4O3S. The van der Waals surface area contributed by atoms with Crippen LogP contribution in [0.2, 0.25) is 0 Å². The predicted molar refractivity (Wildman–Crippen MR) is 128 cm³/mol. The van der Waals surface area contributed by atoms with Crippen molar-refractivity contribution in [3.63, 3.8) is 0 Å². The average molecular weight is 483 g/mol. The highest BCUT2D eigenvalue weighted by Gasteiger charge is 2.39. The minimum absolute atomic E-state index is 0.106. The summed E-state index contributed by atoms with van der Waals surface area (Å²) in [5.41, 5.74) is 4.86. The maximum Gasteiger partial charge on any atom is 0.210 e. The van der Waals surface area contributed by atoms with Gasteiger partial charge in [0.15, 0.2) is 23.1 Å². The van der Waals surface area contributed by atoms with Crippen LogP contribution in [0.1, 0.15) is 65.8 Å². The first-order valence-electron chi connectivity index (χ1n) is 11.5. The van der Waals surface area contributed by atoms with E-state index in [0.717, 1.165) is 24.2 Å². The van der Waals surface area contributed by atoms with Crippen molar-refractivity contribution in [3.05, 3.63) is 65.2 Å². The second-order valence-corrected chi connectivity index (χ2v) is 9.75. The highest BCUT2D eigenvalue weighted by molar-refractivity contribution is 8.00. The minimum Gasteiger partial charge on any atom is -0.493 e. The first-order valence-corrected chi connectivity index (χ1v) is 12.4. The number of halogens is 1. The first-order chi connectivity index (χ1) is 16.6. The van der Waals surface area contributed by atoms with E-state index in [-0.39, 0.29) is 17.6 Å². The molecule has 1 aromatic heterocycles. The van der Waals surface area contributed by atoms with Gasteiger partial charge in [-0.1, -0.05) is 37.1 Å². The van der Waals surface area contributed by atoms with Crippen LogP contribution >= 0.6 is 11.8 Å². The number of nitrogens with one attached hydrogen (secondary N) is 1. The Morgan fingerprint density at radius 2 is 1.76 bits per heavy atom. The predicted octanol–water partition coefficient (Wildman–Crippen LogP) is 5.12. The monoisotopic (exact) mass is 482 g/mol. The molecule has 0 bridgehead atoms. The van der Waals surface area contributed by atoms with Crippen molar-refractivity contribution < 1.29 is 18.7 Å². The Hall–Kier alpha value is -3.07. The summed E-state index contributed by atoms with van der Waals surface area (Å²) in [6.07, 6.45) is 5.80. The van der Waals surface area contributed by atoms with Gasteiger partial charge in [0.1, 0.15) is 11.1 Å². The van der Waals surface area contributed by atoms with Gasteiger partial charge in [0.05, 0.1) is 20.3 Å². The van der Waals surface area contributed by atoms with Gasteiger partial charge in [-0.15, -0.1) is 10.2 Å². The summed E-state index contributed by atoms with van der Waals surface area (Å²) >= 11 is 1.39. The van der Waals surface area contributed by atoms with E-state index in [4.69, 9.17) is 9.47 Å². The summed E-state index contributed by atoms with van der Waals surface area (Å²) in [5, 5.41) is 9.07. The summed E-state index contributed by atoms with van der Waals surface area (Å²) in [6, 6.07) is 10.9. The van der Waals surface area contributed by atoms with Crippen molar-refractivity contribution in [1.29, 1.82) is 0 Å². The molecule has 1 N–H and O–H groups in total. The maximum atomic E-state index is 13.6. The molecule has 2 heterocycles. The highest BCUT2D eigenvalue weighted by Crippen LogP contribution is 2.42. The number of fused-ring (bicyclic) bond motifs is 1. The summed E-state index contributed by atoms with van der Waals surface area (Å²) < 4.78 is 26.4. The van der Waals surface area contributed by atoms with E-state index in [1.165, 1.54) is 55.3 Å². The van der Waals surface area contributed by atoms with Crippen molar-refractivity contribution in [2.24, 2.45) is 0 Å². The van der Waals surface area contributed by atoms with Gasteiger partial charge in [-0.25, -0.2) is 9.07 Å². The van der Waals surface area contributed by atoms with Crippen molar-refractivity contribution in [2.45, 2.75) is 54.5 Å². The molecule has 1 aliphatic carbocycles. The Kier molecular flexibility index (Phi) is 6.45. The first kappa shape index (κ1) is 22.7. The van der Waals surface area contributed by atoms with E-state index in [2.05, 4.69) is 15.6 Å². The molecule has 0 saturated heterocycles. The number of thioether (sulfide) groups is 1. The van der Waals surface area contributed by atoms with Crippen molar-refractivity contribution >= 4 is 17.5 Å². The molecule has 0 radical (unpaired) electrons. The lowest BCUT2D eigenvalue weighted by Crippen LogP contribution is -2.39. The Balaban J connectivity index is 1.55. The van der Waals surface area contributed by atoms with Gasteiger partial charge in [-0.3, -0.25) is 4.79 Å². The van der Waals surface area contributed by atoms with Gasteiger partial charge in [0.2, 0.25) is 5.16 Å². The second kappa shape index (κ2) is 9.66. The zero-order valence-electron chi connectivity index (χ0n) is 19.2. The molecule has 7 nitrogen and oxygen atoms in total. The maximum absolute atomic E-state index is 13.6. The van der Waals surface area contributed by atoms with Crippen molar-refractivity contribution in [3.8, 4) is 11.5 Å². The smallest absolute Gasteiger partial charge is 0.210 e. The molecule has 0 spiro atoms. The quantitative estimate of drug-likeness (QED) is 0.488. The fourth-order valence-electron chi connectivity index (χ4n) is 4.77. The number of carbonyl (C=O) groups is 1. The van der Waals surface area contributed by atoms with Crippen LogP contribution in [0.15, 0.2) is 47.6 Å². The summed E-state index contributed by atoms with van der Waals surface area (Å²) in [7, 11) is 3.18. The topological polar surface area (TPSA) is 78.3 Å². The largest absolute Gasteiger partial charge is 0.493 e. The lowest BCUT2D eigenvalue weighted by atomic mass is 9.89. The number of ether oxygens (including phenoxy) is 2. The minimum atomic E-state index is -0.528. The van der Waals surface area contributed by atoms with Gasteiger partial charge in [0.25, 0.3) is 0 Å². The average Bonchev–Trinajstić information content (AvgIpc) is 3.31. The van der Waals surface area contributed by atoms with E-state index >= 15 is 0 Å². The van der Waals surface area contributed by atoms with E-state index in [1.807, 2.05) is 22.9 Å². The summed E-state index contributed by atoms with van der Waals surface area (Å²) in [5.74, 6) is 1.98. The van der Waals surface area contributed by atoms with Gasteiger partial charge in [-0.2, -0.15) is 0 Å². The highest BCUT2D eigenvalue weighted by atomic mass is 32.2. The fraction of sp³-hybridized carbons (Fsp3) is 0.400. The molecule has 1 aliphatic heterocycles. The molecule has 2 atom stereocenters. The number of methoxy groups -OCH3 is 2. The van der Waals surface area contributed by atoms with Gasteiger partial charge >= 0.3 is 0 Å². The number of benzene rings is 2. The number of hydrogen-bond acceptors (Lipinski definition) is 7. The van der Waals surface area contributed by atoms with Crippen LogP contribution in [0.3, 0.4) is 0 Å². The van der Waals surface area contributed by atoms with Gasteiger partial charge < -0.3 is 14.9 Å². The fourth-order valence-corrected chi connectivity index (χ4v) is 5.94. The third-order valence-electron chi connectivity index (χ3n) is 6.59. The molecule has 178 valence electrons. The van der Waals surface area contributed by atoms with Crippen LogP contribution in [-0.2, 0) is 0 Å². The number of Topliss-reactive ketones (excluding diaryl/α,β-unsaturated/α-hetero) is 1. The van der Waals surface area contributed by atoms with E-state index in [9.17, 15) is 9.18 Å². The number of nitrogens with zero attached hydrogens (tertiary/aromatic N) is 3. The van der Waals surface area contributed by atoms with Crippen LogP contribution in [0.25, 0.3) is 0 Å². The Bertz CT molecular complexity index is 1180. The molecule has 5 rings (SSSR count). The van der Waals surface area contributed by atoms with E-state index in [1.54, 1.807) is 14.2 Å². The SMILES string of the molecule is COc1ccc([C@@H]2Nn3c(nnc3C3CCCCC3)S[C@@H]2C(=O)c2ccc(F)cc2)cc1OC. The van der Waals surface area contributed by atoms with Crippen LogP contribution in [0.5, 0.6) is 11.5 Å². The zero-order chi connectivity index (χ0) is 23.7. The molecular weight excluding hydrogens is 455 g/mol. The van der Waals surface area contributed by atoms with Crippen molar-refractivity contribution in [2.75, 3.05) is 19.6 Å². The number of hydrogen-bond donors (Lipinski definition) is 1. The third kappa shape index (κ3) is 4.24. The van der Waals surface area contributed by atoms with Crippen LogP contribution in [0, 0.1) is 5.82 Å². The molecule has 1 fully saturated rings. The van der Waals surface area contributed by atoms with E-state index in [0.29, 0.717) is 28.1 Å². The molecule has 9 heteroatoms. The molecule has 1 saturated carbocycles. The van der Waals surface area contributed by atoms with Crippen molar-refractivity contribution in [1.82, 2.24) is 14.9 Å². The summed E-state index contributed by atoms with van der Waals surface area (Å²) in [6.45, 7) is 0. The Morgan fingerprint density at radius 1 is 1.03 bits per heavy atom. The zero-order valence-corrected chi connectivity index (χ0v) is 20.0. The molecule has 0 unspecified atom stereocenters. The van der Waals surface area contributed by atoms with Crippen LogP contribution in [0.4, 0.5) is 4.39 Å². The Morgan fingerprint density at radius 3 is 2.47 bits per heavy atom. The normalized spacial score (nSPS) is 20.3. The molecule has 2 aromatic carbocycles. The number of rotatable bonds is 6. The second-order valence-electron chi connectivity index (χ2n) is 8.64. The molecule has 0 amide bonds. The number of ketones is 1. The third-order valence-corrected chi connectivity index (χ3v) is 7.80. The number of aromatic nitrogens is 3. The molecule has 34 heavy (non-hydrogen) atoms. The standard InChI is InChI=1S/C25H27FN4O3S/c1-32-19-13-10-17(14-20(19)33-2)21-23(22(31)15-8-11-18(26)12-9-15)34-25-28-27-24(30(25)29-21)16-6-4-3-5-7-16/h8-14,16,21,23,29H,3-7H2,1-2H3/t21-,23-/m0/s1. The van der Waals surface area contributed by atoms with Gasteiger partial charge in [0, 0.05) is 11.5 Å². The Labute approximate surface area is 202 Å². The lowest BCUT2D eigenvalue weighted by Gasteiger charge is -2.34. The van der Waals surface area contributed by atoms with E-state index < -0.39 is 5.25 Å². The summed E-state index contributed by atoms with van der Waals surface area (Å²) in [4.78, 5) is 13.6. The lowest BCUT2D eigenvalue weighted by molar-refractivity contribution is 0.0980. The van der Waals surface area contributed by atoms with Gasteiger partial charge in [-0.05, 0) is 54.8 Å².